The van der Waals surface area contributed by atoms with Gasteiger partial charge in [-0.25, -0.2) is 4.79 Å². The molecule has 0 aliphatic heterocycles. The van der Waals surface area contributed by atoms with E-state index in [1.165, 1.54) is 0 Å². The molecule has 0 saturated carbocycles. The monoisotopic (exact) mass is 305 g/mol. The second kappa shape index (κ2) is 6.58. The molecule has 0 spiro atoms. The van der Waals surface area contributed by atoms with Crippen molar-refractivity contribution >= 4 is 28.8 Å². The first-order chi connectivity index (χ1) is 9.92. The average Bonchev–Trinajstić information content (AvgIpc) is 2.87. The Morgan fingerprint density at radius 3 is 2.76 bits per heavy atom. The summed E-state index contributed by atoms with van der Waals surface area (Å²) >= 11 is 1.60. The number of hydrogen-bond acceptors (Lipinski definition) is 5. The summed E-state index contributed by atoms with van der Waals surface area (Å²) in [4.78, 5) is 16.9. The topological polar surface area (TPSA) is 63.2 Å². The molecule has 5 nitrogen and oxygen atoms in total. The number of ether oxygens (including phenoxy) is 1. The number of aromatic nitrogens is 1. The predicted molar refractivity (Wildman–Crippen MR) is 85.7 cm³/mol. The summed E-state index contributed by atoms with van der Waals surface area (Å²) in [5.41, 5.74) is 2.92. The summed E-state index contributed by atoms with van der Waals surface area (Å²) in [6, 6.07) is 7.51. The first-order valence-corrected chi connectivity index (χ1v) is 7.52. The molecule has 0 saturated heterocycles. The van der Waals surface area contributed by atoms with Crippen molar-refractivity contribution < 1.29 is 9.53 Å². The van der Waals surface area contributed by atoms with Gasteiger partial charge in [-0.2, -0.15) is 0 Å². The van der Waals surface area contributed by atoms with Crippen molar-refractivity contribution in [3.63, 3.8) is 0 Å². The van der Waals surface area contributed by atoms with Gasteiger partial charge in [-0.15, -0.1) is 11.3 Å². The molecule has 1 heterocycles. The van der Waals surface area contributed by atoms with E-state index in [9.17, 15) is 4.79 Å². The van der Waals surface area contributed by atoms with E-state index in [-0.39, 0.29) is 0 Å². The van der Waals surface area contributed by atoms with E-state index in [0.717, 1.165) is 10.6 Å². The van der Waals surface area contributed by atoms with Crippen LogP contribution in [0.1, 0.15) is 25.6 Å². The zero-order valence-corrected chi connectivity index (χ0v) is 13.2. The third-order valence-electron chi connectivity index (χ3n) is 2.46. The lowest BCUT2D eigenvalue weighted by Crippen LogP contribution is -2.27. The minimum atomic E-state index is -0.508. The Morgan fingerprint density at radius 2 is 2.10 bits per heavy atom. The molecule has 0 bridgehead atoms. The molecular weight excluding hydrogens is 286 g/mol. The lowest BCUT2D eigenvalue weighted by atomic mass is 10.2. The minimum absolute atomic E-state index is 0.456. The van der Waals surface area contributed by atoms with Crippen LogP contribution in [0.3, 0.4) is 0 Å². The number of carbonyl (C=O) groups excluding carboxylic acids is 1. The maximum Gasteiger partial charge on any atom is 0.412 e. The van der Waals surface area contributed by atoms with Crippen LogP contribution >= 0.6 is 11.3 Å². The number of rotatable bonds is 4. The van der Waals surface area contributed by atoms with Crippen LogP contribution in [-0.2, 0) is 11.3 Å². The Hall–Kier alpha value is -2.08. The summed E-state index contributed by atoms with van der Waals surface area (Å²) in [5, 5.41) is 6.01. The fraction of sp³-hybridized carbons (Fsp3) is 0.333. The maximum atomic E-state index is 11.7. The molecule has 0 fully saturated rings. The summed E-state index contributed by atoms with van der Waals surface area (Å²) in [5.74, 6) is 0. The van der Waals surface area contributed by atoms with Crippen molar-refractivity contribution in [2.45, 2.75) is 32.9 Å². The highest BCUT2D eigenvalue weighted by Crippen LogP contribution is 2.18. The van der Waals surface area contributed by atoms with Gasteiger partial charge in [0, 0.05) is 22.4 Å². The molecule has 6 heteroatoms. The van der Waals surface area contributed by atoms with Crippen LogP contribution in [0.2, 0.25) is 0 Å². The smallest absolute Gasteiger partial charge is 0.412 e. The van der Waals surface area contributed by atoms with Gasteiger partial charge in [0.15, 0.2) is 0 Å². The lowest BCUT2D eigenvalue weighted by Gasteiger charge is -2.19. The third-order valence-corrected chi connectivity index (χ3v) is 3.24. The van der Waals surface area contributed by atoms with Crippen molar-refractivity contribution in [2.75, 3.05) is 10.6 Å². The van der Waals surface area contributed by atoms with E-state index in [1.807, 2.05) is 51.2 Å². The number of nitrogens with zero attached hydrogens (tertiary/aromatic N) is 1. The van der Waals surface area contributed by atoms with Gasteiger partial charge in [-0.3, -0.25) is 10.3 Å². The van der Waals surface area contributed by atoms with E-state index < -0.39 is 11.7 Å². The fourth-order valence-corrected chi connectivity index (χ4v) is 2.18. The second-order valence-electron chi connectivity index (χ2n) is 5.53. The van der Waals surface area contributed by atoms with Crippen LogP contribution in [0.25, 0.3) is 0 Å². The molecule has 0 aliphatic carbocycles. The molecule has 0 atom stereocenters. The highest BCUT2D eigenvalue weighted by atomic mass is 32.1. The minimum Gasteiger partial charge on any atom is -0.444 e. The second-order valence-corrected chi connectivity index (χ2v) is 6.50. The number of amides is 1. The number of carbonyl (C=O) groups is 1. The molecule has 112 valence electrons. The third kappa shape index (κ3) is 5.43. The summed E-state index contributed by atoms with van der Waals surface area (Å²) in [6.45, 7) is 6.21. The zero-order chi connectivity index (χ0) is 15.3. The van der Waals surface area contributed by atoms with Crippen molar-refractivity contribution in [2.24, 2.45) is 0 Å². The van der Waals surface area contributed by atoms with Crippen LogP contribution in [0.15, 0.2) is 36.0 Å². The van der Waals surface area contributed by atoms with Gasteiger partial charge in [0.1, 0.15) is 5.60 Å². The Bertz CT molecular complexity index is 591. The van der Waals surface area contributed by atoms with Gasteiger partial charge in [-0.1, -0.05) is 6.07 Å². The first-order valence-electron chi connectivity index (χ1n) is 6.64. The molecule has 0 radical (unpaired) electrons. The Kier molecular flexibility index (Phi) is 4.80. The van der Waals surface area contributed by atoms with E-state index in [0.29, 0.717) is 12.2 Å². The van der Waals surface area contributed by atoms with Gasteiger partial charge < -0.3 is 10.1 Å². The van der Waals surface area contributed by atoms with Crippen LogP contribution in [0, 0.1) is 0 Å². The number of benzene rings is 1. The number of nitrogens with one attached hydrogen (secondary N) is 2. The molecule has 0 aliphatic rings. The molecule has 0 unspecified atom stereocenters. The normalized spacial score (nSPS) is 11.0. The van der Waals surface area contributed by atoms with Gasteiger partial charge in [0.2, 0.25) is 0 Å². The summed E-state index contributed by atoms with van der Waals surface area (Å²) in [7, 11) is 0. The van der Waals surface area contributed by atoms with Crippen molar-refractivity contribution in [3.05, 3.63) is 40.8 Å². The van der Waals surface area contributed by atoms with E-state index in [2.05, 4.69) is 15.6 Å². The maximum absolute atomic E-state index is 11.7. The van der Waals surface area contributed by atoms with Crippen LogP contribution < -0.4 is 10.6 Å². The van der Waals surface area contributed by atoms with E-state index in [1.54, 1.807) is 16.8 Å². The van der Waals surface area contributed by atoms with Crippen LogP contribution in [0.4, 0.5) is 16.2 Å². The van der Waals surface area contributed by atoms with Gasteiger partial charge in [0.25, 0.3) is 0 Å². The standard InChI is InChI=1S/C15H19N3O2S/c1-15(2,3)20-14(19)18-12-6-4-5-11(7-12)17-9-13-8-16-10-21-13/h4-8,10,17H,9H2,1-3H3,(H,18,19). The summed E-state index contributed by atoms with van der Waals surface area (Å²) < 4.78 is 5.22. The average molecular weight is 305 g/mol. The molecule has 1 aromatic carbocycles. The van der Waals surface area contributed by atoms with Gasteiger partial charge in [0.05, 0.1) is 12.1 Å². The zero-order valence-electron chi connectivity index (χ0n) is 12.3. The number of thiazole rings is 1. The predicted octanol–water partition coefficient (Wildman–Crippen LogP) is 4.10. The SMILES string of the molecule is CC(C)(C)OC(=O)Nc1cccc(NCc2cncs2)c1. The quantitative estimate of drug-likeness (QED) is 0.892. The Balaban J connectivity index is 1.92. The molecule has 2 aromatic rings. The van der Waals surface area contributed by atoms with Crippen molar-refractivity contribution in [1.29, 1.82) is 0 Å². The van der Waals surface area contributed by atoms with Crippen molar-refractivity contribution in [1.82, 2.24) is 4.98 Å². The van der Waals surface area contributed by atoms with Crippen LogP contribution in [0.5, 0.6) is 0 Å². The number of anilines is 2. The fourth-order valence-electron chi connectivity index (χ4n) is 1.65. The molecule has 2 rings (SSSR count). The van der Waals surface area contributed by atoms with Crippen LogP contribution in [-0.4, -0.2) is 16.7 Å². The van der Waals surface area contributed by atoms with Crippen molar-refractivity contribution in [3.8, 4) is 0 Å². The molecule has 21 heavy (non-hydrogen) atoms. The molecule has 1 amide bonds. The Labute approximate surface area is 128 Å². The lowest BCUT2D eigenvalue weighted by molar-refractivity contribution is 0.0636. The first kappa shape index (κ1) is 15.3. The van der Waals surface area contributed by atoms with Gasteiger partial charge >= 0.3 is 6.09 Å². The summed E-state index contributed by atoms with van der Waals surface area (Å²) in [6.07, 6.45) is 1.38. The molecule has 1 aromatic heterocycles. The molecule has 2 N–H and O–H groups in total. The highest BCUT2D eigenvalue weighted by Gasteiger charge is 2.16. The molecular formula is C15H19N3O2S. The number of hydrogen-bond donors (Lipinski definition) is 2. The highest BCUT2D eigenvalue weighted by molar-refractivity contribution is 7.09. The Morgan fingerprint density at radius 1 is 1.33 bits per heavy atom. The largest absolute Gasteiger partial charge is 0.444 e. The van der Waals surface area contributed by atoms with E-state index >= 15 is 0 Å². The van der Waals surface area contributed by atoms with E-state index in [4.69, 9.17) is 4.74 Å². The van der Waals surface area contributed by atoms with Gasteiger partial charge in [-0.05, 0) is 39.0 Å².